The zero-order chi connectivity index (χ0) is 16.0. The Morgan fingerprint density at radius 1 is 1.45 bits per heavy atom. The molecule has 6 nitrogen and oxygen atoms in total. The third kappa shape index (κ3) is 5.97. The number of likely N-dealkylation sites (tertiary alicyclic amines) is 1. The van der Waals surface area contributed by atoms with Crippen molar-refractivity contribution in [2.24, 2.45) is 5.92 Å². The van der Waals surface area contributed by atoms with Crippen LogP contribution in [-0.2, 0) is 11.3 Å². The molecule has 1 aromatic rings. The van der Waals surface area contributed by atoms with Crippen molar-refractivity contribution in [3.05, 3.63) is 24.3 Å². The van der Waals surface area contributed by atoms with Crippen molar-refractivity contribution in [3.8, 4) is 0 Å². The lowest BCUT2D eigenvalue weighted by Gasteiger charge is -2.32. The van der Waals surface area contributed by atoms with Gasteiger partial charge in [0.2, 0.25) is 0 Å². The van der Waals surface area contributed by atoms with E-state index in [9.17, 15) is 4.79 Å². The quantitative estimate of drug-likeness (QED) is 0.924. The summed E-state index contributed by atoms with van der Waals surface area (Å²) < 4.78 is 5.27. The lowest BCUT2D eigenvalue weighted by atomic mass is 9.98. The van der Waals surface area contributed by atoms with Crippen LogP contribution in [0, 0.1) is 5.92 Å². The van der Waals surface area contributed by atoms with Gasteiger partial charge in [0.25, 0.3) is 0 Å². The van der Waals surface area contributed by atoms with Gasteiger partial charge in [-0.2, -0.15) is 0 Å². The molecule has 22 heavy (non-hydrogen) atoms. The number of aromatic nitrogens is 2. The third-order valence-corrected chi connectivity index (χ3v) is 3.54. The summed E-state index contributed by atoms with van der Waals surface area (Å²) in [7, 11) is 0. The Labute approximate surface area is 132 Å². The maximum atomic E-state index is 11.7. The van der Waals surface area contributed by atoms with E-state index in [0.29, 0.717) is 12.5 Å². The smallest absolute Gasteiger partial charge is 0.407 e. The molecule has 122 valence electrons. The molecule has 1 aliphatic rings. The fourth-order valence-electron chi connectivity index (χ4n) is 2.64. The molecule has 2 heterocycles. The van der Waals surface area contributed by atoms with Gasteiger partial charge in [-0.3, -0.25) is 14.9 Å². The normalized spacial score (nSPS) is 19.7. The topological polar surface area (TPSA) is 67.3 Å². The molecule has 0 aromatic carbocycles. The van der Waals surface area contributed by atoms with Crippen molar-refractivity contribution in [3.63, 3.8) is 0 Å². The summed E-state index contributed by atoms with van der Waals surface area (Å²) in [4.78, 5) is 22.5. The molecule has 2 rings (SSSR count). The van der Waals surface area contributed by atoms with Crippen LogP contribution in [0.5, 0.6) is 0 Å². The molecule has 1 aromatic heterocycles. The number of hydrogen-bond acceptors (Lipinski definition) is 5. The molecule has 0 bridgehead atoms. The van der Waals surface area contributed by atoms with Crippen LogP contribution in [0.1, 0.15) is 39.3 Å². The van der Waals surface area contributed by atoms with E-state index < -0.39 is 5.60 Å². The Bertz CT molecular complexity index is 473. The molecule has 0 spiro atoms. The van der Waals surface area contributed by atoms with Gasteiger partial charge in [-0.05, 0) is 46.1 Å². The van der Waals surface area contributed by atoms with E-state index in [4.69, 9.17) is 4.74 Å². The van der Waals surface area contributed by atoms with Crippen molar-refractivity contribution in [2.45, 2.75) is 45.8 Å². The first-order valence-electron chi connectivity index (χ1n) is 7.86. The molecule has 1 aliphatic heterocycles. The molecule has 1 amide bonds. The van der Waals surface area contributed by atoms with Crippen LogP contribution >= 0.6 is 0 Å². The number of nitrogens with zero attached hydrogens (tertiary/aromatic N) is 3. The highest BCUT2D eigenvalue weighted by Gasteiger charge is 2.22. The van der Waals surface area contributed by atoms with Crippen molar-refractivity contribution < 1.29 is 9.53 Å². The SMILES string of the molecule is CC(C)(C)OC(=O)NCC1CCCN(Cc2cnccn2)C1. The van der Waals surface area contributed by atoms with E-state index in [1.54, 1.807) is 12.4 Å². The van der Waals surface area contributed by atoms with Gasteiger partial charge in [0.15, 0.2) is 0 Å². The van der Waals surface area contributed by atoms with Gasteiger partial charge in [-0.1, -0.05) is 0 Å². The fraction of sp³-hybridized carbons (Fsp3) is 0.688. The average molecular weight is 306 g/mol. The number of carbonyl (C=O) groups is 1. The number of hydrogen-bond donors (Lipinski definition) is 1. The van der Waals surface area contributed by atoms with E-state index in [-0.39, 0.29) is 6.09 Å². The van der Waals surface area contributed by atoms with E-state index in [1.807, 2.05) is 27.0 Å². The average Bonchev–Trinajstić information content (AvgIpc) is 2.45. The maximum Gasteiger partial charge on any atom is 0.407 e. The first-order chi connectivity index (χ1) is 10.4. The standard InChI is InChI=1S/C16H26N4O2/c1-16(2,3)22-15(21)19-9-13-5-4-8-20(11-13)12-14-10-17-6-7-18-14/h6-7,10,13H,4-5,8-9,11-12H2,1-3H3,(H,19,21). The number of ether oxygens (including phenoxy) is 1. The molecular formula is C16H26N4O2. The summed E-state index contributed by atoms with van der Waals surface area (Å²) in [6, 6.07) is 0. The Morgan fingerprint density at radius 3 is 2.95 bits per heavy atom. The van der Waals surface area contributed by atoms with Gasteiger partial charge < -0.3 is 10.1 Å². The summed E-state index contributed by atoms with van der Waals surface area (Å²) >= 11 is 0. The minimum atomic E-state index is -0.450. The molecule has 0 aliphatic carbocycles. The van der Waals surface area contributed by atoms with Crippen LogP contribution in [0.3, 0.4) is 0 Å². The van der Waals surface area contributed by atoms with Crippen molar-refractivity contribution in [1.82, 2.24) is 20.2 Å². The molecule has 0 radical (unpaired) electrons. The van der Waals surface area contributed by atoms with E-state index in [2.05, 4.69) is 20.2 Å². The Kier molecular flexibility index (Phi) is 5.71. The largest absolute Gasteiger partial charge is 0.444 e. The van der Waals surface area contributed by atoms with Gasteiger partial charge >= 0.3 is 6.09 Å². The zero-order valence-corrected chi connectivity index (χ0v) is 13.7. The van der Waals surface area contributed by atoms with Crippen LogP contribution < -0.4 is 5.32 Å². The zero-order valence-electron chi connectivity index (χ0n) is 13.7. The predicted octanol–water partition coefficient (Wildman–Crippen LogP) is 2.21. The monoisotopic (exact) mass is 306 g/mol. The highest BCUT2D eigenvalue weighted by molar-refractivity contribution is 5.67. The van der Waals surface area contributed by atoms with Crippen LogP contribution in [0.15, 0.2) is 18.6 Å². The highest BCUT2D eigenvalue weighted by Crippen LogP contribution is 2.17. The van der Waals surface area contributed by atoms with Crippen LogP contribution in [-0.4, -0.2) is 46.2 Å². The number of alkyl carbamates (subject to hydrolysis) is 1. The summed E-state index contributed by atoms with van der Waals surface area (Å²) in [6.07, 6.45) is 7.16. The van der Waals surface area contributed by atoms with E-state index in [1.165, 1.54) is 0 Å². The van der Waals surface area contributed by atoms with Gasteiger partial charge in [0, 0.05) is 38.2 Å². The molecule has 6 heteroatoms. The summed E-state index contributed by atoms with van der Waals surface area (Å²) in [6.45, 7) is 9.12. The van der Waals surface area contributed by atoms with Gasteiger partial charge in [-0.25, -0.2) is 4.79 Å². The third-order valence-electron chi connectivity index (χ3n) is 3.54. The number of amides is 1. The maximum absolute atomic E-state index is 11.7. The second-order valence-corrected chi connectivity index (χ2v) is 6.82. The first kappa shape index (κ1) is 16.7. The van der Waals surface area contributed by atoms with Gasteiger partial charge in [0.05, 0.1) is 5.69 Å². The van der Waals surface area contributed by atoms with Crippen molar-refractivity contribution >= 4 is 6.09 Å². The molecule has 1 unspecified atom stereocenters. The van der Waals surface area contributed by atoms with Crippen molar-refractivity contribution in [1.29, 1.82) is 0 Å². The predicted molar refractivity (Wildman–Crippen MR) is 84.3 cm³/mol. The molecule has 1 atom stereocenters. The minimum absolute atomic E-state index is 0.335. The first-order valence-corrected chi connectivity index (χ1v) is 7.86. The number of piperidine rings is 1. The number of carbonyl (C=O) groups excluding carboxylic acids is 1. The molecule has 1 N–H and O–H groups in total. The lowest BCUT2D eigenvalue weighted by Crippen LogP contribution is -2.42. The molecule has 1 fully saturated rings. The Balaban J connectivity index is 1.75. The number of rotatable bonds is 4. The fourth-order valence-corrected chi connectivity index (χ4v) is 2.64. The summed E-state index contributed by atoms with van der Waals surface area (Å²) in [5.74, 6) is 0.456. The van der Waals surface area contributed by atoms with Crippen LogP contribution in [0.25, 0.3) is 0 Å². The van der Waals surface area contributed by atoms with E-state index >= 15 is 0 Å². The second kappa shape index (κ2) is 7.54. The molecule has 0 saturated carbocycles. The minimum Gasteiger partial charge on any atom is -0.444 e. The van der Waals surface area contributed by atoms with Crippen molar-refractivity contribution in [2.75, 3.05) is 19.6 Å². The summed E-state index contributed by atoms with van der Waals surface area (Å²) in [5, 5.41) is 2.88. The van der Waals surface area contributed by atoms with Crippen LogP contribution in [0.4, 0.5) is 4.79 Å². The molecule has 1 saturated heterocycles. The number of nitrogens with one attached hydrogen (secondary N) is 1. The summed E-state index contributed by atoms with van der Waals surface area (Å²) in [5.41, 5.74) is 0.539. The second-order valence-electron chi connectivity index (χ2n) is 6.82. The Morgan fingerprint density at radius 2 is 2.27 bits per heavy atom. The molecular weight excluding hydrogens is 280 g/mol. The van der Waals surface area contributed by atoms with Gasteiger partial charge in [0.1, 0.15) is 5.60 Å². The highest BCUT2D eigenvalue weighted by atomic mass is 16.6. The Hall–Kier alpha value is -1.69. The van der Waals surface area contributed by atoms with E-state index in [0.717, 1.165) is 38.2 Å². The van der Waals surface area contributed by atoms with Crippen LogP contribution in [0.2, 0.25) is 0 Å². The van der Waals surface area contributed by atoms with Gasteiger partial charge in [-0.15, -0.1) is 0 Å². The lowest BCUT2D eigenvalue weighted by molar-refractivity contribution is 0.0506.